The van der Waals surface area contributed by atoms with Crippen LogP contribution in [0.15, 0.2) is 0 Å². The molecule has 1 fully saturated rings. The van der Waals surface area contributed by atoms with Gasteiger partial charge in [-0.3, -0.25) is 4.79 Å². The Morgan fingerprint density at radius 2 is 1.61 bits per heavy atom. The van der Waals surface area contributed by atoms with E-state index in [0.717, 1.165) is 6.42 Å². The van der Waals surface area contributed by atoms with Crippen LogP contribution >= 0.6 is 0 Å². The molecular weight excluding hydrogens is 230 g/mol. The fourth-order valence-electron chi connectivity index (χ4n) is 2.06. The molecule has 4 heteroatoms. The molecule has 1 amide bonds. The van der Waals surface area contributed by atoms with E-state index in [-0.39, 0.29) is 29.4 Å². The lowest BCUT2D eigenvalue weighted by Gasteiger charge is -2.30. The second-order valence-electron chi connectivity index (χ2n) is 6.56. The molecule has 1 N–H and O–H groups in total. The van der Waals surface area contributed by atoms with Crippen LogP contribution < -0.4 is 5.32 Å². The van der Waals surface area contributed by atoms with E-state index in [2.05, 4.69) is 19.2 Å². The molecule has 0 saturated carbocycles. The summed E-state index contributed by atoms with van der Waals surface area (Å²) in [5, 5.41) is 2.94. The highest BCUT2D eigenvalue weighted by Gasteiger charge is 2.51. The summed E-state index contributed by atoms with van der Waals surface area (Å²) < 4.78 is 12.0. The molecule has 0 unspecified atom stereocenters. The van der Waals surface area contributed by atoms with E-state index in [9.17, 15) is 4.79 Å². The Bertz CT molecular complexity index is 294. The minimum absolute atomic E-state index is 0.0460. The van der Waals surface area contributed by atoms with Crippen LogP contribution in [0.4, 0.5) is 0 Å². The maximum absolute atomic E-state index is 11.3. The third-order valence-corrected chi connectivity index (χ3v) is 3.71. The molecular formula is C14H27NO3. The third-order valence-electron chi connectivity index (χ3n) is 3.71. The Labute approximate surface area is 110 Å². The van der Waals surface area contributed by atoms with Crippen molar-refractivity contribution in [3.8, 4) is 0 Å². The van der Waals surface area contributed by atoms with Gasteiger partial charge in [0.05, 0.1) is 17.2 Å². The van der Waals surface area contributed by atoms with E-state index in [1.165, 1.54) is 6.92 Å². The van der Waals surface area contributed by atoms with Crippen molar-refractivity contribution in [2.45, 2.75) is 78.4 Å². The quantitative estimate of drug-likeness (QED) is 0.841. The van der Waals surface area contributed by atoms with Crippen LogP contribution in [-0.4, -0.2) is 29.4 Å². The summed E-state index contributed by atoms with van der Waals surface area (Å²) >= 11 is 0. The van der Waals surface area contributed by atoms with E-state index in [1.54, 1.807) is 0 Å². The lowest BCUT2D eigenvalue weighted by Crippen LogP contribution is -2.44. The van der Waals surface area contributed by atoms with Crippen molar-refractivity contribution in [3.63, 3.8) is 0 Å². The van der Waals surface area contributed by atoms with Crippen molar-refractivity contribution in [3.05, 3.63) is 0 Å². The number of carbonyl (C=O) groups excluding carboxylic acids is 1. The first-order chi connectivity index (χ1) is 8.05. The number of carbonyl (C=O) groups is 1. The molecule has 0 radical (unpaired) electrons. The van der Waals surface area contributed by atoms with Crippen molar-refractivity contribution in [2.75, 3.05) is 0 Å². The van der Waals surface area contributed by atoms with Crippen molar-refractivity contribution < 1.29 is 14.3 Å². The van der Waals surface area contributed by atoms with E-state index in [4.69, 9.17) is 9.47 Å². The Hall–Kier alpha value is -0.610. The lowest BCUT2D eigenvalue weighted by molar-refractivity contribution is -0.132. The summed E-state index contributed by atoms with van der Waals surface area (Å²) in [4.78, 5) is 11.3. The second-order valence-corrected chi connectivity index (χ2v) is 6.56. The van der Waals surface area contributed by atoms with Crippen molar-refractivity contribution in [1.29, 1.82) is 0 Å². The van der Waals surface area contributed by atoms with Crippen LogP contribution in [0, 0.1) is 5.92 Å². The van der Waals surface area contributed by atoms with Crippen LogP contribution in [-0.2, 0) is 14.3 Å². The molecule has 0 spiro atoms. The number of nitrogens with one attached hydrogen (secondary N) is 1. The molecule has 1 aliphatic rings. The maximum Gasteiger partial charge on any atom is 0.217 e. The first kappa shape index (κ1) is 15.4. The summed E-state index contributed by atoms with van der Waals surface area (Å²) in [5.41, 5.74) is -0.712. The maximum atomic E-state index is 11.3. The monoisotopic (exact) mass is 257 g/mol. The predicted octanol–water partition coefficient (Wildman–Crippen LogP) is 2.47. The fourth-order valence-corrected chi connectivity index (χ4v) is 2.06. The van der Waals surface area contributed by atoms with Gasteiger partial charge in [-0.15, -0.1) is 0 Å². The van der Waals surface area contributed by atoms with Crippen LogP contribution in [0.5, 0.6) is 0 Å². The normalized spacial score (nSPS) is 24.2. The molecule has 0 aromatic heterocycles. The van der Waals surface area contributed by atoms with Crippen molar-refractivity contribution >= 4 is 5.91 Å². The van der Waals surface area contributed by atoms with Gasteiger partial charge in [-0.1, -0.05) is 13.8 Å². The largest absolute Gasteiger partial charge is 0.348 e. The van der Waals surface area contributed by atoms with Gasteiger partial charge in [0.15, 0.2) is 6.29 Å². The molecule has 1 rings (SSSR count). The second kappa shape index (κ2) is 5.17. The van der Waals surface area contributed by atoms with Crippen LogP contribution in [0.1, 0.15) is 54.9 Å². The first-order valence-electron chi connectivity index (χ1n) is 6.68. The van der Waals surface area contributed by atoms with Crippen LogP contribution in [0.25, 0.3) is 0 Å². The van der Waals surface area contributed by atoms with E-state index >= 15 is 0 Å². The highest BCUT2D eigenvalue weighted by atomic mass is 16.7. The zero-order chi connectivity index (χ0) is 14.1. The van der Waals surface area contributed by atoms with Gasteiger partial charge in [-0.25, -0.2) is 0 Å². The lowest BCUT2D eigenvalue weighted by atomic mass is 9.90. The van der Waals surface area contributed by atoms with Gasteiger partial charge >= 0.3 is 0 Å². The van der Waals surface area contributed by atoms with E-state index in [1.807, 2.05) is 27.7 Å². The number of hydrogen-bond acceptors (Lipinski definition) is 3. The van der Waals surface area contributed by atoms with Gasteiger partial charge in [0.25, 0.3) is 0 Å². The predicted molar refractivity (Wildman–Crippen MR) is 71.2 cm³/mol. The molecule has 0 aromatic rings. The molecule has 0 bridgehead atoms. The molecule has 106 valence electrons. The zero-order valence-corrected chi connectivity index (χ0v) is 12.7. The van der Waals surface area contributed by atoms with E-state index in [0.29, 0.717) is 5.92 Å². The molecule has 4 nitrogen and oxygen atoms in total. The van der Waals surface area contributed by atoms with Gasteiger partial charge < -0.3 is 14.8 Å². The van der Waals surface area contributed by atoms with Gasteiger partial charge in [0, 0.05) is 6.92 Å². The Balaban J connectivity index is 2.79. The number of rotatable bonds is 4. The summed E-state index contributed by atoms with van der Waals surface area (Å²) in [6.07, 6.45) is 0.470. The molecule has 18 heavy (non-hydrogen) atoms. The Morgan fingerprint density at radius 3 is 1.94 bits per heavy atom. The zero-order valence-electron chi connectivity index (χ0n) is 12.7. The standard InChI is InChI=1S/C14H27NO3/c1-9(2)8-11(15-10(3)16)12-17-13(4,5)14(6,7)18-12/h9,11-12H,8H2,1-7H3,(H,15,16)/t11-/m1/s1. The van der Waals surface area contributed by atoms with Gasteiger partial charge in [0.2, 0.25) is 5.91 Å². The summed E-state index contributed by atoms with van der Waals surface area (Å²) in [6.45, 7) is 13.9. The molecule has 1 aliphatic heterocycles. The molecule has 0 aliphatic carbocycles. The average Bonchev–Trinajstić information content (AvgIpc) is 2.33. The Morgan fingerprint density at radius 1 is 1.17 bits per heavy atom. The minimum Gasteiger partial charge on any atom is -0.348 e. The smallest absolute Gasteiger partial charge is 0.217 e. The topological polar surface area (TPSA) is 47.6 Å². The van der Waals surface area contributed by atoms with Crippen LogP contribution in [0.3, 0.4) is 0 Å². The van der Waals surface area contributed by atoms with Crippen molar-refractivity contribution in [2.24, 2.45) is 5.92 Å². The molecule has 1 heterocycles. The molecule has 1 saturated heterocycles. The first-order valence-corrected chi connectivity index (χ1v) is 6.68. The molecule has 1 atom stereocenters. The minimum atomic E-state index is -0.374. The fraction of sp³-hybridized carbons (Fsp3) is 0.929. The van der Waals surface area contributed by atoms with Crippen LogP contribution in [0.2, 0.25) is 0 Å². The summed E-state index contributed by atoms with van der Waals surface area (Å²) in [5.74, 6) is 0.427. The van der Waals surface area contributed by atoms with Gasteiger partial charge in [-0.05, 0) is 40.0 Å². The number of ether oxygens (including phenoxy) is 2. The average molecular weight is 257 g/mol. The number of hydrogen-bond donors (Lipinski definition) is 1. The third kappa shape index (κ3) is 3.45. The molecule has 0 aromatic carbocycles. The highest BCUT2D eigenvalue weighted by molar-refractivity contribution is 5.73. The van der Waals surface area contributed by atoms with Gasteiger partial charge in [0.1, 0.15) is 0 Å². The van der Waals surface area contributed by atoms with Crippen molar-refractivity contribution in [1.82, 2.24) is 5.32 Å². The van der Waals surface area contributed by atoms with Gasteiger partial charge in [-0.2, -0.15) is 0 Å². The SMILES string of the molecule is CC(=O)N[C@H](CC(C)C)C1OC(C)(C)C(C)(C)O1. The Kier molecular flexibility index (Phi) is 4.44. The summed E-state index contributed by atoms with van der Waals surface area (Å²) in [6, 6.07) is -0.0939. The highest BCUT2D eigenvalue weighted by Crippen LogP contribution is 2.39. The number of amides is 1. The summed E-state index contributed by atoms with van der Waals surface area (Å²) in [7, 11) is 0. The van der Waals surface area contributed by atoms with E-state index < -0.39 is 0 Å².